The molecule has 3 aromatic carbocycles. The maximum Gasteiger partial charge on any atom is 0.248 e. The summed E-state index contributed by atoms with van der Waals surface area (Å²) in [5.74, 6) is 1.54. The maximum absolute atomic E-state index is 6.28. The number of nitrogens with zero attached hydrogens (tertiary/aromatic N) is 1. The normalized spacial score (nSPS) is 13.1. The molecule has 3 nitrogen and oxygen atoms in total. The topological polar surface area (TPSA) is 25.6 Å². The van der Waals surface area contributed by atoms with Crippen molar-refractivity contribution < 1.29 is 9.15 Å². The first-order valence-corrected chi connectivity index (χ1v) is 8.82. The van der Waals surface area contributed by atoms with E-state index in [1.165, 1.54) is 11.1 Å². The van der Waals surface area contributed by atoms with E-state index in [9.17, 15) is 0 Å². The molecule has 0 amide bonds. The molecule has 0 radical (unpaired) electrons. The lowest BCUT2D eigenvalue weighted by Crippen LogP contribution is -2.11. The Labute approximate surface area is 152 Å². The molecule has 0 unspecified atom stereocenters. The van der Waals surface area contributed by atoms with Gasteiger partial charge in [0.05, 0.1) is 16.8 Å². The zero-order valence-electron chi connectivity index (χ0n) is 14.8. The van der Waals surface area contributed by atoms with Gasteiger partial charge in [0.25, 0.3) is 0 Å². The quantitative estimate of drug-likeness (QED) is 0.400. The van der Waals surface area contributed by atoms with Gasteiger partial charge in [0.15, 0.2) is 5.75 Å². The van der Waals surface area contributed by atoms with Crippen LogP contribution in [0.1, 0.15) is 16.7 Å². The number of benzene rings is 3. The van der Waals surface area contributed by atoms with Crippen LogP contribution in [0, 0.1) is 13.8 Å². The standard InChI is InChI=1S/C23H19NO2/c1-15-11-12-19(16(2)13-15)24-20-9-5-3-7-17(20)14-25-22-18-8-4-6-10-21(18)26-23(22)24/h3-13H,14H2,1-2H3. The van der Waals surface area contributed by atoms with E-state index in [0.717, 1.165) is 39.5 Å². The predicted molar refractivity (Wildman–Crippen MR) is 105 cm³/mol. The lowest BCUT2D eigenvalue weighted by molar-refractivity contribution is 0.311. The van der Waals surface area contributed by atoms with Gasteiger partial charge in [-0.3, -0.25) is 4.90 Å². The van der Waals surface area contributed by atoms with E-state index in [0.29, 0.717) is 6.61 Å². The van der Waals surface area contributed by atoms with Crippen molar-refractivity contribution in [3.05, 3.63) is 83.4 Å². The van der Waals surface area contributed by atoms with E-state index in [1.807, 2.05) is 30.3 Å². The summed E-state index contributed by atoms with van der Waals surface area (Å²) in [6.45, 7) is 4.77. The molecule has 4 aromatic rings. The number of furan rings is 1. The molecule has 1 aliphatic rings. The molecule has 0 spiro atoms. The van der Waals surface area contributed by atoms with Crippen molar-refractivity contribution in [3.63, 3.8) is 0 Å². The summed E-state index contributed by atoms with van der Waals surface area (Å²) in [7, 11) is 0. The van der Waals surface area contributed by atoms with E-state index < -0.39 is 0 Å². The number of fused-ring (bicyclic) bond motifs is 4. The van der Waals surface area contributed by atoms with Gasteiger partial charge in [-0.15, -0.1) is 0 Å². The molecule has 0 saturated carbocycles. The second kappa shape index (κ2) is 5.67. The van der Waals surface area contributed by atoms with Crippen LogP contribution in [0.25, 0.3) is 11.0 Å². The van der Waals surface area contributed by atoms with E-state index in [2.05, 4.69) is 55.1 Å². The highest BCUT2D eigenvalue weighted by molar-refractivity contribution is 5.94. The molecule has 0 fully saturated rings. The van der Waals surface area contributed by atoms with Crippen molar-refractivity contribution in [2.24, 2.45) is 0 Å². The second-order valence-corrected chi connectivity index (χ2v) is 6.78. The van der Waals surface area contributed by atoms with Crippen LogP contribution in [0.3, 0.4) is 0 Å². The SMILES string of the molecule is Cc1ccc(N2c3ccccc3COc3c2oc2ccccc32)c(C)c1. The number of aryl methyl sites for hydroxylation is 2. The van der Waals surface area contributed by atoms with Crippen LogP contribution in [0.4, 0.5) is 17.3 Å². The molecule has 3 heteroatoms. The number of hydrogen-bond donors (Lipinski definition) is 0. The minimum atomic E-state index is 0.522. The zero-order valence-corrected chi connectivity index (χ0v) is 14.8. The molecule has 0 N–H and O–H groups in total. The van der Waals surface area contributed by atoms with Crippen LogP contribution >= 0.6 is 0 Å². The van der Waals surface area contributed by atoms with Crippen LogP contribution in [0.5, 0.6) is 5.75 Å². The van der Waals surface area contributed by atoms with Gasteiger partial charge in [0.2, 0.25) is 5.88 Å². The molecule has 26 heavy (non-hydrogen) atoms. The molecule has 0 saturated heterocycles. The smallest absolute Gasteiger partial charge is 0.248 e. The molecule has 0 bridgehead atoms. The molecule has 2 heterocycles. The van der Waals surface area contributed by atoms with Crippen molar-refractivity contribution in [2.75, 3.05) is 4.90 Å². The summed E-state index contributed by atoms with van der Waals surface area (Å²) >= 11 is 0. The summed E-state index contributed by atoms with van der Waals surface area (Å²) in [6, 6.07) is 22.9. The minimum Gasteiger partial charge on any atom is -0.483 e. The Kier molecular flexibility index (Phi) is 3.29. The molecule has 1 aliphatic heterocycles. The van der Waals surface area contributed by atoms with E-state index in [-0.39, 0.29) is 0 Å². The molecule has 0 aliphatic carbocycles. The number of hydrogen-bond acceptors (Lipinski definition) is 3. The Bertz CT molecular complexity index is 1130. The predicted octanol–water partition coefficient (Wildman–Crippen LogP) is 6.41. The first-order chi connectivity index (χ1) is 12.7. The molecule has 0 atom stereocenters. The highest BCUT2D eigenvalue weighted by atomic mass is 16.5. The highest BCUT2D eigenvalue weighted by Crippen LogP contribution is 2.49. The summed E-state index contributed by atoms with van der Waals surface area (Å²) < 4.78 is 12.5. The summed E-state index contributed by atoms with van der Waals surface area (Å²) in [5.41, 5.74) is 6.63. The van der Waals surface area contributed by atoms with Crippen LogP contribution in [0.2, 0.25) is 0 Å². The zero-order chi connectivity index (χ0) is 17.7. The Morgan fingerprint density at radius 2 is 1.65 bits per heavy atom. The third kappa shape index (κ3) is 2.21. The molecular formula is C23H19NO2. The maximum atomic E-state index is 6.28. The highest BCUT2D eigenvalue weighted by Gasteiger charge is 2.29. The van der Waals surface area contributed by atoms with Crippen molar-refractivity contribution in [2.45, 2.75) is 20.5 Å². The van der Waals surface area contributed by atoms with E-state index in [1.54, 1.807) is 0 Å². The fourth-order valence-electron chi connectivity index (χ4n) is 3.70. The first kappa shape index (κ1) is 15.1. The largest absolute Gasteiger partial charge is 0.483 e. The Balaban J connectivity index is 1.84. The number of anilines is 3. The monoisotopic (exact) mass is 341 g/mol. The molecule has 1 aromatic heterocycles. The van der Waals surface area contributed by atoms with Gasteiger partial charge < -0.3 is 9.15 Å². The average Bonchev–Trinajstić information content (AvgIpc) is 2.93. The third-order valence-electron chi connectivity index (χ3n) is 4.93. The minimum absolute atomic E-state index is 0.522. The fraction of sp³-hybridized carbons (Fsp3) is 0.130. The van der Waals surface area contributed by atoms with E-state index >= 15 is 0 Å². The van der Waals surface area contributed by atoms with Crippen molar-refractivity contribution in [1.82, 2.24) is 0 Å². The van der Waals surface area contributed by atoms with Gasteiger partial charge in [-0.25, -0.2) is 0 Å². The number of rotatable bonds is 1. The molecular weight excluding hydrogens is 322 g/mol. The lowest BCUT2D eigenvalue weighted by atomic mass is 10.1. The number of para-hydroxylation sites is 2. The molecule has 128 valence electrons. The van der Waals surface area contributed by atoms with Gasteiger partial charge in [-0.05, 0) is 43.7 Å². The molecule has 5 rings (SSSR count). The Morgan fingerprint density at radius 1 is 0.846 bits per heavy atom. The van der Waals surface area contributed by atoms with Crippen LogP contribution in [0.15, 0.2) is 71.1 Å². The Hall–Kier alpha value is -3.20. The number of ether oxygens (including phenoxy) is 1. The summed E-state index contributed by atoms with van der Waals surface area (Å²) in [6.07, 6.45) is 0. The van der Waals surface area contributed by atoms with Crippen molar-refractivity contribution >= 4 is 28.2 Å². The lowest BCUT2D eigenvalue weighted by Gasteiger charge is -2.24. The van der Waals surface area contributed by atoms with Crippen molar-refractivity contribution in [1.29, 1.82) is 0 Å². The van der Waals surface area contributed by atoms with Crippen LogP contribution in [-0.2, 0) is 6.61 Å². The van der Waals surface area contributed by atoms with Crippen LogP contribution in [-0.4, -0.2) is 0 Å². The Morgan fingerprint density at radius 3 is 2.54 bits per heavy atom. The average molecular weight is 341 g/mol. The first-order valence-electron chi connectivity index (χ1n) is 8.82. The van der Waals surface area contributed by atoms with Crippen molar-refractivity contribution in [3.8, 4) is 5.75 Å². The third-order valence-corrected chi connectivity index (χ3v) is 4.93. The van der Waals surface area contributed by atoms with Gasteiger partial charge in [-0.2, -0.15) is 0 Å². The summed E-state index contributed by atoms with van der Waals surface area (Å²) in [4.78, 5) is 2.19. The van der Waals surface area contributed by atoms with E-state index in [4.69, 9.17) is 9.15 Å². The second-order valence-electron chi connectivity index (χ2n) is 6.78. The van der Waals surface area contributed by atoms with Gasteiger partial charge >= 0.3 is 0 Å². The van der Waals surface area contributed by atoms with Gasteiger partial charge in [0.1, 0.15) is 12.2 Å². The van der Waals surface area contributed by atoms with Gasteiger partial charge in [-0.1, -0.05) is 48.0 Å². The van der Waals surface area contributed by atoms with Gasteiger partial charge in [0, 0.05) is 5.56 Å². The fourth-order valence-corrected chi connectivity index (χ4v) is 3.70. The van der Waals surface area contributed by atoms with Crippen LogP contribution < -0.4 is 9.64 Å². The summed E-state index contributed by atoms with van der Waals surface area (Å²) in [5, 5.41) is 1.00.